The topological polar surface area (TPSA) is 134 Å². The van der Waals surface area contributed by atoms with Gasteiger partial charge in [-0.2, -0.15) is 0 Å². The highest BCUT2D eigenvalue weighted by molar-refractivity contribution is 6.09. The van der Waals surface area contributed by atoms with Crippen LogP contribution in [0.15, 0.2) is 24.3 Å². The summed E-state index contributed by atoms with van der Waals surface area (Å²) in [6.07, 6.45) is 1.90. The standard InChI is InChI=1S/C23H29FN4O6/c1-14-8-22(2,3)13-23(9-14)20(32)28(21(33)27-23)11-19(31)34-12-18(30)25-10-17(29)26-16-6-4-15(24)5-7-16/h4-7,14H,8-13H2,1-3H3,(H,25,30)(H,26,29)(H,27,33)/t14-,23+/m0/s1. The first-order valence-electron chi connectivity index (χ1n) is 11.0. The quantitative estimate of drug-likeness (QED) is 0.404. The van der Waals surface area contributed by atoms with E-state index in [1.165, 1.54) is 24.3 Å². The summed E-state index contributed by atoms with van der Waals surface area (Å²) < 4.78 is 17.7. The third-order valence-electron chi connectivity index (χ3n) is 5.85. The molecule has 3 rings (SSSR count). The van der Waals surface area contributed by atoms with Gasteiger partial charge in [-0.1, -0.05) is 20.8 Å². The van der Waals surface area contributed by atoms with Crippen molar-refractivity contribution in [3.05, 3.63) is 30.1 Å². The van der Waals surface area contributed by atoms with Gasteiger partial charge in [-0.3, -0.25) is 24.1 Å². The molecule has 10 nitrogen and oxygen atoms in total. The third-order valence-corrected chi connectivity index (χ3v) is 5.85. The van der Waals surface area contributed by atoms with E-state index in [-0.39, 0.29) is 11.3 Å². The number of urea groups is 1. The fourth-order valence-corrected chi connectivity index (χ4v) is 4.94. The fraction of sp³-hybridized carbons (Fsp3) is 0.522. The van der Waals surface area contributed by atoms with Crippen LogP contribution in [0.4, 0.5) is 14.9 Å². The summed E-state index contributed by atoms with van der Waals surface area (Å²) in [6.45, 7) is 4.43. The summed E-state index contributed by atoms with van der Waals surface area (Å²) >= 11 is 0. The van der Waals surface area contributed by atoms with Crippen molar-refractivity contribution in [1.82, 2.24) is 15.5 Å². The number of halogens is 1. The number of benzene rings is 1. The average Bonchev–Trinajstić information content (AvgIpc) is 2.94. The number of hydrogen-bond acceptors (Lipinski definition) is 6. The number of amides is 5. The average molecular weight is 477 g/mol. The Morgan fingerprint density at radius 2 is 1.82 bits per heavy atom. The zero-order valence-corrected chi connectivity index (χ0v) is 19.4. The van der Waals surface area contributed by atoms with Crippen LogP contribution in [0, 0.1) is 17.2 Å². The molecule has 2 atom stereocenters. The number of nitrogens with one attached hydrogen (secondary N) is 3. The first-order chi connectivity index (χ1) is 15.9. The van der Waals surface area contributed by atoms with E-state index in [0.717, 1.165) is 11.3 Å². The van der Waals surface area contributed by atoms with Gasteiger partial charge in [-0.15, -0.1) is 0 Å². The molecule has 0 unspecified atom stereocenters. The van der Waals surface area contributed by atoms with Gasteiger partial charge in [0.05, 0.1) is 6.54 Å². The van der Waals surface area contributed by atoms with Crippen LogP contribution in [0.2, 0.25) is 0 Å². The second kappa shape index (κ2) is 9.78. The number of carbonyl (C=O) groups is 5. The summed E-state index contributed by atoms with van der Waals surface area (Å²) in [5.41, 5.74) is -0.819. The zero-order chi connectivity index (χ0) is 25.1. The van der Waals surface area contributed by atoms with E-state index in [0.29, 0.717) is 18.5 Å². The van der Waals surface area contributed by atoms with E-state index in [9.17, 15) is 28.4 Å². The minimum atomic E-state index is -1.03. The molecule has 0 radical (unpaired) electrons. The monoisotopic (exact) mass is 476 g/mol. The van der Waals surface area contributed by atoms with Crippen molar-refractivity contribution >= 4 is 35.4 Å². The lowest BCUT2D eigenvalue weighted by Crippen LogP contribution is -2.54. The van der Waals surface area contributed by atoms with Gasteiger partial charge in [0.15, 0.2) is 6.61 Å². The van der Waals surface area contributed by atoms with Crippen molar-refractivity contribution in [3.8, 4) is 0 Å². The summed E-state index contributed by atoms with van der Waals surface area (Å²) in [4.78, 5) is 62.2. The van der Waals surface area contributed by atoms with Gasteiger partial charge in [0, 0.05) is 5.69 Å². The maximum atomic E-state index is 13.0. The lowest BCUT2D eigenvalue weighted by atomic mass is 9.64. The van der Waals surface area contributed by atoms with Crippen LogP contribution in [-0.4, -0.2) is 59.9 Å². The van der Waals surface area contributed by atoms with Gasteiger partial charge in [0.25, 0.3) is 11.8 Å². The van der Waals surface area contributed by atoms with Crippen molar-refractivity contribution in [2.24, 2.45) is 11.3 Å². The number of esters is 1. The van der Waals surface area contributed by atoms with Crippen LogP contribution < -0.4 is 16.0 Å². The maximum Gasteiger partial charge on any atom is 0.326 e. The molecule has 0 aromatic heterocycles. The van der Waals surface area contributed by atoms with Crippen molar-refractivity contribution in [3.63, 3.8) is 0 Å². The highest BCUT2D eigenvalue weighted by Gasteiger charge is 2.56. The van der Waals surface area contributed by atoms with Gasteiger partial charge in [0.1, 0.15) is 17.9 Å². The van der Waals surface area contributed by atoms with Gasteiger partial charge in [-0.25, -0.2) is 9.18 Å². The summed E-state index contributed by atoms with van der Waals surface area (Å²) in [6, 6.07) is 4.43. The highest BCUT2D eigenvalue weighted by Crippen LogP contribution is 2.46. The molecule has 5 amide bonds. The first-order valence-corrected chi connectivity index (χ1v) is 11.0. The van der Waals surface area contributed by atoms with E-state index >= 15 is 0 Å². The minimum Gasteiger partial charge on any atom is -0.454 e. The Labute approximate surface area is 196 Å². The van der Waals surface area contributed by atoms with Gasteiger partial charge in [-0.05, 0) is 54.9 Å². The molecule has 1 spiro atoms. The van der Waals surface area contributed by atoms with Crippen LogP contribution in [0.3, 0.4) is 0 Å². The molecule has 2 aliphatic rings. The minimum absolute atomic E-state index is 0.141. The van der Waals surface area contributed by atoms with Gasteiger partial charge >= 0.3 is 12.0 Å². The summed E-state index contributed by atoms with van der Waals surface area (Å²) in [7, 11) is 0. The number of imide groups is 1. The van der Waals surface area contributed by atoms with E-state index in [4.69, 9.17) is 4.74 Å². The SMILES string of the molecule is C[C@H]1CC(C)(C)C[C@@]2(C1)NC(=O)N(CC(=O)OCC(=O)NCC(=O)Nc1ccc(F)cc1)C2=O. The molecule has 1 aliphatic heterocycles. The molecule has 1 aromatic rings. The molecule has 1 aromatic carbocycles. The normalized spacial score (nSPS) is 23.4. The highest BCUT2D eigenvalue weighted by atomic mass is 19.1. The second-order valence-electron chi connectivity index (χ2n) is 9.75. The molecule has 3 N–H and O–H groups in total. The first kappa shape index (κ1) is 25.1. The van der Waals surface area contributed by atoms with Crippen LogP contribution in [0.5, 0.6) is 0 Å². The Morgan fingerprint density at radius 3 is 2.47 bits per heavy atom. The molecule has 184 valence electrons. The van der Waals surface area contributed by atoms with Crippen LogP contribution in [-0.2, 0) is 23.9 Å². The second-order valence-corrected chi connectivity index (χ2v) is 9.75. The van der Waals surface area contributed by atoms with Crippen LogP contribution in [0.1, 0.15) is 40.0 Å². The third kappa shape index (κ3) is 6.09. The Kier molecular flexibility index (Phi) is 7.23. The largest absolute Gasteiger partial charge is 0.454 e. The summed E-state index contributed by atoms with van der Waals surface area (Å²) in [5.74, 6) is -2.90. The number of rotatable bonds is 7. The Balaban J connectivity index is 1.44. The Bertz CT molecular complexity index is 996. The van der Waals surface area contributed by atoms with E-state index in [1.54, 1.807) is 0 Å². The van der Waals surface area contributed by atoms with E-state index < -0.39 is 60.8 Å². The fourth-order valence-electron chi connectivity index (χ4n) is 4.94. The smallest absolute Gasteiger partial charge is 0.326 e. The molecule has 0 bridgehead atoms. The number of anilines is 1. The van der Waals surface area contributed by atoms with Crippen molar-refractivity contribution in [1.29, 1.82) is 0 Å². The molecular weight excluding hydrogens is 447 g/mol. The lowest BCUT2D eigenvalue weighted by molar-refractivity contribution is -0.151. The number of carbonyl (C=O) groups excluding carboxylic acids is 5. The molecule has 1 saturated carbocycles. The molecule has 1 aliphatic carbocycles. The number of ether oxygens (including phenoxy) is 1. The molecule has 34 heavy (non-hydrogen) atoms. The molecule has 1 heterocycles. The van der Waals surface area contributed by atoms with Crippen LogP contribution in [0.25, 0.3) is 0 Å². The van der Waals surface area contributed by atoms with E-state index in [1.807, 2.05) is 20.8 Å². The predicted octanol–water partition coefficient (Wildman–Crippen LogP) is 1.56. The summed E-state index contributed by atoms with van der Waals surface area (Å²) in [5, 5.41) is 7.51. The Morgan fingerprint density at radius 1 is 1.15 bits per heavy atom. The van der Waals surface area contributed by atoms with Crippen LogP contribution >= 0.6 is 0 Å². The Hall–Kier alpha value is -3.50. The molecule has 1 saturated heterocycles. The zero-order valence-electron chi connectivity index (χ0n) is 19.4. The van der Waals surface area contributed by atoms with Gasteiger partial charge < -0.3 is 20.7 Å². The number of nitrogens with zero attached hydrogens (tertiary/aromatic N) is 1. The van der Waals surface area contributed by atoms with Crippen molar-refractivity contribution in [2.45, 2.75) is 45.6 Å². The number of hydrogen-bond donors (Lipinski definition) is 3. The predicted molar refractivity (Wildman–Crippen MR) is 119 cm³/mol. The molecule has 2 fully saturated rings. The maximum absolute atomic E-state index is 13.0. The van der Waals surface area contributed by atoms with Gasteiger partial charge in [0.2, 0.25) is 5.91 Å². The lowest BCUT2D eigenvalue weighted by Gasteiger charge is -2.43. The van der Waals surface area contributed by atoms with E-state index in [2.05, 4.69) is 16.0 Å². The van der Waals surface area contributed by atoms with Crippen molar-refractivity contribution in [2.75, 3.05) is 25.0 Å². The molecule has 11 heteroatoms. The van der Waals surface area contributed by atoms with Crippen molar-refractivity contribution < 1.29 is 33.1 Å². The molecular formula is C23H29FN4O6.